The van der Waals surface area contributed by atoms with Crippen LogP contribution in [0.15, 0.2) is 34.9 Å². The summed E-state index contributed by atoms with van der Waals surface area (Å²) in [6.07, 6.45) is 0. The smallest absolute Gasteiger partial charge is 0.290 e. The van der Waals surface area contributed by atoms with Crippen LogP contribution in [0.4, 0.5) is 5.69 Å². The molecule has 0 saturated carbocycles. The van der Waals surface area contributed by atoms with Crippen LogP contribution in [0.2, 0.25) is 0 Å². The summed E-state index contributed by atoms with van der Waals surface area (Å²) < 4.78 is 4.82. The second kappa shape index (κ2) is 4.59. The first-order valence-corrected chi connectivity index (χ1v) is 5.40. The van der Waals surface area contributed by atoms with Crippen molar-refractivity contribution < 1.29 is 9.32 Å². The van der Waals surface area contributed by atoms with Gasteiger partial charge in [-0.15, -0.1) is 0 Å². The van der Waals surface area contributed by atoms with Gasteiger partial charge in [0.25, 0.3) is 5.24 Å². The summed E-state index contributed by atoms with van der Waals surface area (Å²) in [6, 6.07) is 9.28. The zero-order valence-electron chi connectivity index (χ0n) is 9.48. The summed E-state index contributed by atoms with van der Waals surface area (Å²) in [6.45, 7) is 0. The Labute approximate surface area is 104 Å². The molecule has 0 radical (unpaired) electrons. The standard InChI is InChI=1S/C12H11ClN2O2/c1-15(2)9-5-3-8(4-6-9)10-7-11(12(13)16)17-14-10/h3-7H,1-2H3. The maximum atomic E-state index is 10.9. The van der Waals surface area contributed by atoms with Gasteiger partial charge in [0.05, 0.1) is 0 Å². The van der Waals surface area contributed by atoms with Crippen molar-refractivity contribution in [2.24, 2.45) is 0 Å². The molecule has 17 heavy (non-hydrogen) atoms. The van der Waals surface area contributed by atoms with Crippen LogP contribution in [0.1, 0.15) is 10.6 Å². The topological polar surface area (TPSA) is 46.3 Å². The van der Waals surface area contributed by atoms with E-state index >= 15 is 0 Å². The SMILES string of the molecule is CN(C)c1ccc(-c2cc(C(=O)Cl)on2)cc1. The molecule has 0 atom stereocenters. The molecule has 0 fully saturated rings. The van der Waals surface area contributed by atoms with Gasteiger partial charge in [0.1, 0.15) is 5.69 Å². The van der Waals surface area contributed by atoms with Crippen molar-refractivity contribution in [1.82, 2.24) is 5.16 Å². The first-order valence-electron chi connectivity index (χ1n) is 5.02. The van der Waals surface area contributed by atoms with Gasteiger partial charge in [0.2, 0.25) is 5.76 Å². The lowest BCUT2D eigenvalue weighted by Gasteiger charge is -2.11. The molecule has 0 spiro atoms. The Bertz CT molecular complexity index is 532. The van der Waals surface area contributed by atoms with E-state index < -0.39 is 5.24 Å². The maximum absolute atomic E-state index is 10.9. The van der Waals surface area contributed by atoms with Crippen LogP contribution < -0.4 is 4.90 Å². The summed E-state index contributed by atoms with van der Waals surface area (Å²) in [5, 5.41) is 3.14. The number of hydrogen-bond acceptors (Lipinski definition) is 4. The molecule has 2 aromatic rings. The summed E-state index contributed by atoms with van der Waals surface area (Å²) in [5.41, 5.74) is 2.56. The molecule has 1 aromatic heterocycles. The molecule has 5 heteroatoms. The van der Waals surface area contributed by atoms with Crippen molar-refractivity contribution in [3.05, 3.63) is 36.1 Å². The number of carbonyl (C=O) groups excluding carboxylic acids is 1. The van der Waals surface area contributed by atoms with Gasteiger partial charge in [-0.05, 0) is 23.7 Å². The van der Waals surface area contributed by atoms with E-state index in [0.29, 0.717) is 5.69 Å². The molecule has 0 bridgehead atoms. The minimum atomic E-state index is -0.645. The van der Waals surface area contributed by atoms with E-state index in [-0.39, 0.29) is 5.76 Å². The van der Waals surface area contributed by atoms with Crippen molar-refractivity contribution in [3.8, 4) is 11.3 Å². The normalized spacial score (nSPS) is 10.3. The van der Waals surface area contributed by atoms with E-state index in [1.807, 2.05) is 43.3 Å². The fraction of sp³-hybridized carbons (Fsp3) is 0.167. The Kier molecular flexibility index (Phi) is 3.15. The van der Waals surface area contributed by atoms with E-state index in [4.69, 9.17) is 16.1 Å². The number of nitrogens with zero attached hydrogens (tertiary/aromatic N) is 2. The molecule has 1 aromatic carbocycles. The first kappa shape index (κ1) is 11.7. The summed E-state index contributed by atoms with van der Waals surface area (Å²) >= 11 is 5.29. The lowest BCUT2D eigenvalue weighted by Crippen LogP contribution is -2.07. The van der Waals surface area contributed by atoms with Crippen molar-refractivity contribution in [2.45, 2.75) is 0 Å². The Balaban J connectivity index is 2.30. The van der Waals surface area contributed by atoms with Gasteiger partial charge in [0.15, 0.2) is 0 Å². The molecule has 0 amide bonds. The molecule has 0 aliphatic rings. The molecule has 2 rings (SSSR count). The third-order valence-electron chi connectivity index (χ3n) is 2.38. The highest BCUT2D eigenvalue weighted by atomic mass is 35.5. The zero-order valence-corrected chi connectivity index (χ0v) is 10.2. The van der Waals surface area contributed by atoms with Crippen LogP contribution >= 0.6 is 11.6 Å². The van der Waals surface area contributed by atoms with Gasteiger partial charge in [-0.2, -0.15) is 0 Å². The largest absolute Gasteiger partial charge is 0.378 e. The van der Waals surface area contributed by atoms with Crippen LogP contribution in [-0.2, 0) is 0 Å². The maximum Gasteiger partial charge on any atom is 0.290 e. The fourth-order valence-corrected chi connectivity index (χ4v) is 1.52. The number of halogens is 1. The van der Waals surface area contributed by atoms with Crippen LogP contribution in [0.25, 0.3) is 11.3 Å². The van der Waals surface area contributed by atoms with Gasteiger partial charge < -0.3 is 9.42 Å². The van der Waals surface area contributed by atoms with Gasteiger partial charge >= 0.3 is 0 Å². The highest BCUT2D eigenvalue weighted by Crippen LogP contribution is 2.22. The van der Waals surface area contributed by atoms with E-state index in [0.717, 1.165) is 11.3 Å². The molecular weight excluding hydrogens is 240 g/mol. The second-order valence-electron chi connectivity index (χ2n) is 3.79. The third kappa shape index (κ3) is 2.47. The molecule has 0 saturated heterocycles. The number of benzene rings is 1. The average molecular weight is 251 g/mol. The summed E-state index contributed by atoms with van der Waals surface area (Å²) in [7, 11) is 3.94. The number of rotatable bonds is 3. The van der Waals surface area contributed by atoms with Crippen LogP contribution in [0, 0.1) is 0 Å². The van der Waals surface area contributed by atoms with Crippen molar-refractivity contribution >= 4 is 22.5 Å². The van der Waals surface area contributed by atoms with E-state index in [2.05, 4.69) is 5.16 Å². The molecule has 88 valence electrons. The molecule has 0 aliphatic heterocycles. The van der Waals surface area contributed by atoms with Crippen LogP contribution in [0.5, 0.6) is 0 Å². The minimum Gasteiger partial charge on any atom is -0.378 e. The lowest BCUT2D eigenvalue weighted by molar-refractivity contribution is 0.104. The van der Waals surface area contributed by atoms with Gasteiger partial charge in [-0.25, -0.2) is 0 Å². The quantitative estimate of drug-likeness (QED) is 0.786. The molecule has 0 aliphatic carbocycles. The van der Waals surface area contributed by atoms with Gasteiger partial charge in [0, 0.05) is 31.4 Å². The number of aromatic nitrogens is 1. The van der Waals surface area contributed by atoms with Gasteiger partial charge in [-0.3, -0.25) is 4.79 Å². The second-order valence-corrected chi connectivity index (χ2v) is 4.13. The molecule has 1 heterocycles. The first-order chi connectivity index (χ1) is 8.08. The highest BCUT2D eigenvalue weighted by Gasteiger charge is 2.11. The number of hydrogen-bond donors (Lipinski definition) is 0. The van der Waals surface area contributed by atoms with Gasteiger partial charge in [-0.1, -0.05) is 17.3 Å². The molecular formula is C12H11ClN2O2. The van der Waals surface area contributed by atoms with Crippen LogP contribution in [-0.4, -0.2) is 24.5 Å². The number of anilines is 1. The Morgan fingerprint density at radius 2 is 1.94 bits per heavy atom. The fourth-order valence-electron chi connectivity index (χ4n) is 1.43. The highest BCUT2D eigenvalue weighted by molar-refractivity contribution is 6.67. The van der Waals surface area contributed by atoms with Crippen molar-refractivity contribution in [1.29, 1.82) is 0 Å². The molecule has 4 nitrogen and oxygen atoms in total. The third-order valence-corrected chi connectivity index (χ3v) is 2.57. The Morgan fingerprint density at radius 1 is 1.29 bits per heavy atom. The predicted octanol–water partition coefficient (Wildman–Crippen LogP) is 2.79. The minimum absolute atomic E-state index is 0.0540. The zero-order chi connectivity index (χ0) is 12.4. The lowest BCUT2D eigenvalue weighted by atomic mass is 10.1. The van der Waals surface area contributed by atoms with Crippen molar-refractivity contribution in [3.63, 3.8) is 0 Å². The van der Waals surface area contributed by atoms with Crippen LogP contribution in [0.3, 0.4) is 0 Å². The van der Waals surface area contributed by atoms with E-state index in [1.165, 1.54) is 6.07 Å². The molecule has 0 N–H and O–H groups in total. The van der Waals surface area contributed by atoms with E-state index in [1.54, 1.807) is 0 Å². The monoisotopic (exact) mass is 250 g/mol. The average Bonchev–Trinajstić information content (AvgIpc) is 2.78. The number of carbonyl (C=O) groups is 1. The van der Waals surface area contributed by atoms with Crippen molar-refractivity contribution in [2.75, 3.05) is 19.0 Å². The Morgan fingerprint density at radius 3 is 2.41 bits per heavy atom. The van der Waals surface area contributed by atoms with E-state index in [9.17, 15) is 4.79 Å². The summed E-state index contributed by atoms with van der Waals surface area (Å²) in [4.78, 5) is 12.9. The predicted molar refractivity (Wildman–Crippen MR) is 66.4 cm³/mol. The summed E-state index contributed by atoms with van der Waals surface area (Å²) in [5.74, 6) is 0.0540. The Hall–Kier alpha value is -1.81. The molecule has 0 unspecified atom stereocenters.